The first-order valence-electron chi connectivity index (χ1n) is 11.0. The third-order valence-electron chi connectivity index (χ3n) is 5.90. The van der Waals surface area contributed by atoms with Gasteiger partial charge in [0.1, 0.15) is 11.6 Å². The first-order chi connectivity index (χ1) is 16.3. The summed E-state index contributed by atoms with van der Waals surface area (Å²) < 4.78 is 56.3. The normalized spacial score (nSPS) is 14.7. The van der Waals surface area contributed by atoms with Crippen LogP contribution in [0.3, 0.4) is 0 Å². The van der Waals surface area contributed by atoms with Gasteiger partial charge in [-0.05, 0) is 48.4 Å². The molecule has 0 radical (unpaired) electrons. The number of aryl methyl sites for hydroxylation is 1. The number of carbonyl (C=O) groups excluding carboxylic acids is 1. The van der Waals surface area contributed by atoms with Gasteiger partial charge >= 0.3 is 0 Å². The van der Waals surface area contributed by atoms with Crippen molar-refractivity contribution in [2.75, 3.05) is 36.4 Å². The fourth-order valence-corrected chi connectivity index (χ4v) is 5.45. The average Bonchev–Trinajstić information content (AvgIpc) is 2.85. The molecule has 0 spiro atoms. The number of amides is 1. The SMILES string of the molecule is CCc1ccccc1NC(=O)c1cc(S(=O)(=O)N2CCN(c3ccccc3F)CC2)ccc1F. The predicted octanol–water partition coefficient (Wildman–Crippen LogP) is 4.29. The van der Waals surface area contributed by atoms with Gasteiger partial charge < -0.3 is 10.2 Å². The molecule has 178 valence electrons. The van der Waals surface area contributed by atoms with Gasteiger partial charge in [-0.15, -0.1) is 0 Å². The van der Waals surface area contributed by atoms with E-state index in [0.717, 1.165) is 23.8 Å². The minimum absolute atomic E-state index is 0.138. The van der Waals surface area contributed by atoms with Gasteiger partial charge in [0.15, 0.2) is 0 Å². The van der Waals surface area contributed by atoms with Crippen LogP contribution in [0.5, 0.6) is 0 Å². The monoisotopic (exact) mass is 485 g/mol. The van der Waals surface area contributed by atoms with E-state index >= 15 is 0 Å². The van der Waals surface area contributed by atoms with Gasteiger partial charge in [0.2, 0.25) is 10.0 Å². The van der Waals surface area contributed by atoms with E-state index in [0.29, 0.717) is 30.9 Å². The van der Waals surface area contributed by atoms with Crippen molar-refractivity contribution in [2.45, 2.75) is 18.2 Å². The molecule has 1 N–H and O–H groups in total. The molecule has 1 aliphatic heterocycles. The molecular weight excluding hydrogens is 460 g/mol. The standard InChI is InChI=1S/C25H25F2N3O3S/c1-2-18-7-3-5-9-23(18)28-25(31)20-17-19(11-12-21(20)26)34(32,33)30-15-13-29(14-16-30)24-10-6-4-8-22(24)27/h3-12,17H,2,13-16H2,1H3,(H,28,31). The summed E-state index contributed by atoms with van der Waals surface area (Å²) in [5.41, 5.74) is 1.50. The Kier molecular flexibility index (Phi) is 6.95. The van der Waals surface area contributed by atoms with Gasteiger partial charge in [-0.2, -0.15) is 4.31 Å². The third kappa shape index (κ3) is 4.80. The Hall–Kier alpha value is -3.30. The molecule has 6 nitrogen and oxygen atoms in total. The lowest BCUT2D eigenvalue weighted by atomic mass is 10.1. The van der Waals surface area contributed by atoms with Crippen LogP contribution in [0.1, 0.15) is 22.8 Å². The lowest BCUT2D eigenvalue weighted by Crippen LogP contribution is -2.48. The Morgan fingerprint density at radius 3 is 2.29 bits per heavy atom. The highest BCUT2D eigenvalue weighted by Gasteiger charge is 2.30. The number of benzene rings is 3. The molecule has 1 aliphatic rings. The maximum Gasteiger partial charge on any atom is 0.258 e. The van der Waals surface area contributed by atoms with E-state index < -0.39 is 21.7 Å². The topological polar surface area (TPSA) is 69.7 Å². The lowest BCUT2D eigenvalue weighted by molar-refractivity contribution is 0.102. The van der Waals surface area contributed by atoms with Gasteiger partial charge in [-0.1, -0.05) is 37.3 Å². The van der Waals surface area contributed by atoms with Gasteiger partial charge in [0.25, 0.3) is 5.91 Å². The molecule has 1 heterocycles. The molecule has 0 bridgehead atoms. The van der Waals surface area contributed by atoms with Crippen LogP contribution in [-0.2, 0) is 16.4 Å². The quantitative estimate of drug-likeness (QED) is 0.566. The molecule has 1 saturated heterocycles. The molecule has 0 aliphatic carbocycles. The summed E-state index contributed by atoms with van der Waals surface area (Å²) in [4.78, 5) is 14.4. The highest BCUT2D eigenvalue weighted by Crippen LogP contribution is 2.25. The lowest BCUT2D eigenvalue weighted by Gasteiger charge is -2.35. The number of nitrogens with one attached hydrogen (secondary N) is 1. The molecule has 0 saturated carbocycles. The first kappa shape index (κ1) is 23.8. The van der Waals surface area contributed by atoms with E-state index in [1.807, 2.05) is 19.1 Å². The highest BCUT2D eigenvalue weighted by molar-refractivity contribution is 7.89. The average molecular weight is 486 g/mol. The Labute approximate surface area is 197 Å². The fraction of sp³-hybridized carbons (Fsp3) is 0.240. The van der Waals surface area contributed by atoms with E-state index in [4.69, 9.17) is 0 Å². The van der Waals surface area contributed by atoms with Gasteiger partial charge in [-0.25, -0.2) is 17.2 Å². The fourth-order valence-electron chi connectivity index (χ4n) is 4.01. The molecule has 0 aromatic heterocycles. The molecule has 3 aromatic carbocycles. The van der Waals surface area contributed by atoms with Crippen molar-refractivity contribution in [1.82, 2.24) is 4.31 Å². The summed E-state index contributed by atoms with van der Waals surface area (Å²) in [6.07, 6.45) is 0.673. The maximum atomic E-state index is 14.5. The van der Waals surface area contributed by atoms with Crippen LogP contribution in [0.25, 0.3) is 0 Å². The number of halogens is 2. The molecular formula is C25H25F2N3O3S. The highest BCUT2D eigenvalue weighted by atomic mass is 32.2. The third-order valence-corrected chi connectivity index (χ3v) is 7.79. The molecule has 9 heteroatoms. The Morgan fingerprint density at radius 2 is 1.59 bits per heavy atom. The van der Waals surface area contributed by atoms with Crippen molar-refractivity contribution in [3.8, 4) is 0 Å². The second-order valence-corrected chi connectivity index (χ2v) is 9.89. The van der Waals surface area contributed by atoms with Crippen LogP contribution < -0.4 is 10.2 Å². The summed E-state index contributed by atoms with van der Waals surface area (Å²) in [7, 11) is -3.97. The van der Waals surface area contributed by atoms with Crippen molar-refractivity contribution in [3.05, 3.63) is 89.5 Å². The van der Waals surface area contributed by atoms with Gasteiger partial charge in [0, 0.05) is 31.9 Å². The van der Waals surface area contributed by atoms with Crippen molar-refractivity contribution in [3.63, 3.8) is 0 Å². The van der Waals surface area contributed by atoms with Crippen molar-refractivity contribution in [2.24, 2.45) is 0 Å². The van der Waals surface area contributed by atoms with Crippen LogP contribution in [0.2, 0.25) is 0 Å². The van der Waals surface area contributed by atoms with E-state index in [1.54, 1.807) is 35.2 Å². The number of anilines is 2. The van der Waals surface area contributed by atoms with E-state index in [1.165, 1.54) is 10.4 Å². The largest absolute Gasteiger partial charge is 0.367 e. The number of sulfonamides is 1. The summed E-state index contributed by atoms with van der Waals surface area (Å²) in [5.74, 6) is -1.90. The van der Waals surface area contributed by atoms with Gasteiger partial charge in [-0.3, -0.25) is 4.79 Å². The van der Waals surface area contributed by atoms with Crippen LogP contribution in [0.4, 0.5) is 20.2 Å². The zero-order valence-corrected chi connectivity index (χ0v) is 19.5. The molecule has 1 amide bonds. The van der Waals surface area contributed by atoms with Crippen LogP contribution in [-0.4, -0.2) is 44.8 Å². The Balaban J connectivity index is 1.52. The summed E-state index contributed by atoms with van der Waals surface area (Å²) >= 11 is 0. The first-order valence-corrected chi connectivity index (χ1v) is 12.4. The zero-order valence-electron chi connectivity index (χ0n) is 18.7. The Morgan fingerprint density at radius 1 is 0.912 bits per heavy atom. The Bertz CT molecular complexity index is 1310. The minimum atomic E-state index is -3.97. The van der Waals surface area contributed by atoms with Crippen molar-refractivity contribution < 1.29 is 22.0 Å². The number of rotatable bonds is 6. The molecule has 34 heavy (non-hydrogen) atoms. The number of piperazine rings is 1. The second kappa shape index (κ2) is 9.90. The smallest absolute Gasteiger partial charge is 0.258 e. The second-order valence-electron chi connectivity index (χ2n) is 7.95. The van der Waals surface area contributed by atoms with E-state index in [9.17, 15) is 22.0 Å². The number of nitrogens with zero attached hydrogens (tertiary/aromatic N) is 2. The maximum absolute atomic E-state index is 14.5. The summed E-state index contributed by atoms with van der Waals surface area (Å²) in [6, 6.07) is 16.7. The van der Waals surface area contributed by atoms with Crippen LogP contribution >= 0.6 is 0 Å². The zero-order chi connectivity index (χ0) is 24.3. The van der Waals surface area contributed by atoms with E-state index in [-0.39, 0.29) is 29.4 Å². The molecule has 0 atom stereocenters. The van der Waals surface area contributed by atoms with Crippen LogP contribution in [0.15, 0.2) is 71.6 Å². The van der Waals surface area contributed by atoms with Crippen molar-refractivity contribution >= 4 is 27.3 Å². The molecule has 0 unspecified atom stereocenters. The number of carbonyl (C=O) groups is 1. The number of hydrogen-bond donors (Lipinski definition) is 1. The number of hydrogen-bond acceptors (Lipinski definition) is 4. The van der Waals surface area contributed by atoms with E-state index in [2.05, 4.69) is 5.32 Å². The summed E-state index contributed by atoms with van der Waals surface area (Å²) in [5, 5.41) is 2.68. The minimum Gasteiger partial charge on any atom is -0.367 e. The van der Waals surface area contributed by atoms with Crippen molar-refractivity contribution in [1.29, 1.82) is 0 Å². The van der Waals surface area contributed by atoms with Gasteiger partial charge in [0.05, 0.1) is 16.1 Å². The predicted molar refractivity (Wildman–Crippen MR) is 128 cm³/mol. The number of para-hydroxylation sites is 2. The van der Waals surface area contributed by atoms with Crippen LogP contribution in [0, 0.1) is 11.6 Å². The molecule has 3 aromatic rings. The molecule has 4 rings (SSSR count). The summed E-state index contributed by atoms with van der Waals surface area (Å²) in [6.45, 7) is 2.83. The molecule has 1 fully saturated rings.